The number of aromatic amines is 2. The predicted molar refractivity (Wildman–Crippen MR) is 98.6 cm³/mol. The highest BCUT2D eigenvalue weighted by Crippen LogP contribution is 2.41. The van der Waals surface area contributed by atoms with E-state index in [0.29, 0.717) is 0 Å². The first kappa shape index (κ1) is 16.9. The standard InChI is InChI=1S/C18H12N4O4S/c23-13-9-5-1-2-6-10(9)14(24)18(13,22-11-7-3-4-8-19-11)12-15(25)20-17(27)21-16(12)26/h1-8H,(H,19,22)(H3,20,21,25,26,27). The van der Waals surface area contributed by atoms with E-state index in [0.717, 1.165) is 0 Å². The third-order valence-corrected chi connectivity index (χ3v) is 4.58. The fourth-order valence-corrected chi connectivity index (χ4v) is 3.43. The Morgan fingerprint density at radius 1 is 0.963 bits per heavy atom. The number of benzene rings is 1. The van der Waals surface area contributed by atoms with Crippen LogP contribution in [-0.4, -0.2) is 31.6 Å². The van der Waals surface area contributed by atoms with Crippen molar-refractivity contribution in [2.75, 3.05) is 5.32 Å². The lowest BCUT2D eigenvalue weighted by Crippen LogP contribution is -2.49. The van der Waals surface area contributed by atoms with E-state index >= 15 is 0 Å². The quantitative estimate of drug-likeness (QED) is 0.404. The molecule has 0 aliphatic heterocycles. The maximum Gasteiger partial charge on any atom is 0.262 e. The molecule has 8 nitrogen and oxygen atoms in total. The number of aromatic nitrogens is 3. The number of carbonyl (C=O) groups excluding carboxylic acids is 2. The molecule has 1 aliphatic carbocycles. The summed E-state index contributed by atoms with van der Waals surface area (Å²) in [6.45, 7) is 0. The van der Waals surface area contributed by atoms with Gasteiger partial charge in [0.2, 0.25) is 23.0 Å². The van der Waals surface area contributed by atoms with Crippen molar-refractivity contribution in [1.29, 1.82) is 0 Å². The lowest BCUT2D eigenvalue weighted by molar-refractivity contribution is 0.0813. The molecule has 0 radical (unpaired) electrons. The second-order valence-corrected chi connectivity index (χ2v) is 6.33. The van der Waals surface area contributed by atoms with Crippen LogP contribution in [0.15, 0.2) is 53.5 Å². The molecule has 9 heteroatoms. The van der Waals surface area contributed by atoms with Crippen molar-refractivity contribution in [3.05, 3.63) is 80.5 Å². The number of rotatable bonds is 3. The molecule has 4 rings (SSSR count). The molecule has 0 saturated carbocycles. The molecule has 0 fully saturated rings. The Balaban J connectivity index is 2.05. The number of H-pyrrole nitrogens is 2. The molecule has 0 atom stereocenters. The van der Waals surface area contributed by atoms with Crippen molar-refractivity contribution >= 4 is 29.6 Å². The fraction of sp³-hybridized carbons (Fsp3) is 0.0556. The summed E-state index contributed by atoms with van der Waals surface area (Å²) in [5, 5.41) is 13.2. The number of carbonyl (C=O) groups is 2. The van der Waals surface area contributed by atoms with Crippen LogP contribution in [0.1, 0.15) is 26.3 Å². The number of Topliss-reactive ketones (excluding diaryl/α,β-unsaturated/α-hetero) is 2. The molecule has 1 aromatic carbocycles. The average Bonchev–Trinajstić information content (AvgIpc) is 2.85. The van der Waals surface area contributed by atoms with Crippen LogP contribution in [0.25, 0.3) is 0 Å². The van der Waals surface area contributed by atoms with Gasteiger partial charge in [0, 0.05) is 17.3 Å². The van der Waals surface area contributed by atoms with E-state index in [1.54, 1.807) is 30.3 Å². The molecule has 2 heterocycles. The summed E-state index contributed by atoms with van der Waals surface area (Å²) in [5.41, 5.74) is -3.20. The summed E-state index contributed by atoms with van der Waals surface area (Å²) in [5.74, 6) is -1.81. The summed E-state index contributed by atoms with van der Waals surface area (Å²) in [7, 11) is 0. The van der Waals surface area contributed by atoms with Gasteiger partial charge < -0.3 is 15.4 Å². The van der Waals surface area contributed by atoms with Gasteiger partial charge >= 0.3 is 0 Å². The van der Waals surface area contributed by atoms with Gasteiger partial charge in [-0.2, -0.15) is 0 Å². The van der Waals surface area contributed by atoms with Gasteiger partial charge in [-0.05, 0) is 24.4 Å². The molecule has 3 aromatic rings. The van der Waals surface area contributed by atoms with Crippen LogP contribution >= 0.6 is 12.2 Å². The number of anilines is 1. The van der Waals surface area contributed by atoms with Crippen LogP contribution in [0.4, 0.5) is 5.82 Å². The highest BCUT2D eigenvalue weighted by Gasteiger charge is 2.57. The highest BCUT2D eigenvalue weighted by molar-refractivity contribution is 7.71. The summed E-state index contributed by atoms with van der Waals surface area (Å²) in [6.07, 6.45) is 1.47. The zero-order valence-electron chi connectivity index (χ0n) is 13.6. The molecule has 0 amide bonds. The van der Waals surface area contributed by atoms with Gasteiger partial charge in [-0.3, -0.25) is 19.4 Å². The smallest absolute Gasteiger partial charge is 0.262 e. The minimum Gasteiger partial charge on any atom is -0.494 e. The van der Waals surface area contributed by atoms with E-state index in [1.807, 2.05) is 0 Å². The molecule has 27 heavy (non-hydrogen) atoms. The Morgan fingerprint density at radius 3 is 2.15 bits per heavy atom. The first-order valence-electron chi connectivity index (χ1n) is 7.89. The number of aromatic hydroxyl groups is 1. The normalized spacial score (nSPS) is 14.8. The maximum absolute atomic E-state index is 13.3. The molecule has 0 bridgehead atoms. The third kappa shape index (κ3) is 2.40. The molecule has 0 spiro atoms. The number of nitrogens with zero attached hydrogens (tertiary/aromatic N) is 1. The molecule has 1 aliphatic rings. The van der Waals surface area contributed by atoms with Gasteiger partial charge in [0.1, 0.15) is 11.4 Å². The van der Waals surface area contributed by atoms with Crippen molar-refractivity contribution in [2.24, 2.45) is 0 Å². The Hall–Kier alpha value is -3.59. The van der Waals surface area contributed by atoms with Crippen LogP contribution in [0.3, 0.4) is 0 Å². The summed E-state index contributed by atoms with van der Waals surface area (Å²) in [4.78, 5) is 48.0. The minimum absolute atomic E-state index is 0.135. The first-order chi connectivity index (χ1) is 12.9. The monoisotopic (exact) mass is 380 g/mol. The number of nitrogens with one attached hydrogen (secondary N) is 3. The second kappa shape index (κ2) is 5.99. The topological polar surface area (TPSA) is 128 Å². The van der Waals surface area contributed by atoms with Crippen LogP contribution < -0.4 is 10.9 Å². The van der Waals surface area contributed by atoms with Crippen molar-refractivity contribution in [3.8, 4) is 5.88 Å². The van der Waals surface area contributed by atoms with Crippen LogP contribution in [0.5, 0.6) is 5.88 Å². The zero-order valence-corrected chi connectivity index (χ0v) is 14.5. The number of hydrogen-bond donors (Lipinski definition) is 4. The summed E-state index contributed by atoms with van der Waals surface area (Å²) >= 11 is 4.84. The molecule has 0 saturated heterocycles. The van der Waals surface area contributed by atoms with Crippen LogP contribution in [-0.2, 0) is 5.54 Å². The van der Waals surface area contributed by atoms with Gasteiger partial charge in [-0.1, -0.05) is 30.3 Å². The number of ketones is 2. The summed E-state index contributed by atoms with van der Waals surface area (Å²) < 4.78 is -0.135. The molecule has 4 N–H and O–H groups in total. The van der Waals surface area contributed by atoms with E-state index in [2.05, 4.69) is 20.3 Å². The maximum atomic E-state index is 13.3. The molecule has 2 aromatic heterocycles. The third-order valence-electron chi connectivity index (χ3n) is 4.38. The van der Waals surface area contributed by atoms with Crippen LogP contribution in [0.2, 0.25) is 0 Å². The van der Waals surface area contributed by atoms with E-state index in [9.17, 15) is 19.5 Å². The highest BCUT2D eigenvalue weighted by atomic mass is 32.1. The second-order valence-electron chi connectivity index (χ2n) is 5.93. The molecular formula is C18H12N4O4S. The lowest BCUT2D eigenvalue weighted by atomic mass is 9.85. The predicted octanol–water partition coefficient (Wildman–Crippen LogP) is 1.92. The Kier molecular flexibility index (Phi) is 3.74. The van der Waals surface area contributed by atoms with E-state index in [1.165, 1.54) is 18.3 Å². The lowest BCUT2D eigenvalue weighted by Gasteiger charge is -2.27. The molecule has 0 unspecified atom stereocenters. The number of fused-ring (bicyclic) bond motifs is 1. The van der Waals surface area contributed by atoms with Gasteiger partial charge in [0.25, 0.3) is 5.56 Å². The number of pyridine rings is 1. The van der Waals surface area contributed by atoms with E-state index in [4.69, 9.17) is 12.2 Å². The van der Waals surface area contributed by atoms with Crippen molar-refractivity contribution in [3.63, 3.8) is 0 Å². The molecular weight excluding hydrogens is 368 g/mol. The average molecular weight is 380 g/mol. The van der Waals surface area contributed by atoms with Crippen molar-refractivity contribution < 1.29 is 14.7 Å². The van der Waals surface area contributed by atoms with Gasteiger partial charge in [-0.25, -0.2) is 4.98 Å². The van der Waals surface area contributed by atoms with Crippen molar-refractivity contribution in [1.82, 2.24) is 15.0 Å². The van der Waals surface area contributed by atoms with E-state index < -0.39 is 34.1 Å². The Morgan fingerprint density at radius 2 is 1.59 bits per heavy atom. The van der Waals surface area contributed by atoms with Crippen LogP contribution in [0, 0.1) is 4.77 Å². The zero-order chi connectivity index (χ0) is 19.2. The minimum atomic E-state index is -2.17. The van der Waals surface area contributed by atoms with Gasteiger partial charge in [0.05, 0.1) is 0 Å². The SMILES string of the molecule is O=C1c2ccccc2C(=O)C1(Nc1ccccn1)c1c(O)[nH]c(=S)[nH]c1=O. The van der Waals surface area contributed by atoms with Gasteiger partial charge in [0.15, 0.2) is 4.77 Å². The fourth-order valence-electron chi connectivity index (χ4n) is 3.24. The summed E-state index contributed by atoms with van der Waals surface area (Å²) in [6, 6.07) is 11.1. The Labute approximate surface area is 156 Å². The number of hydrogen-bond acceptors (Lipinski definition) is 7. The largest absolute Gasteiger partial charge is 0.494 e. The first-order valence-corrected chi connectivity index (χ1v) is 8.30. The van der Waals surface area contributed by atoms with Crippen molar-refractivity contribution in [2.45, 2.75) is 5.54 Å². The molecule has 134 valence electrons. The Bertz CT molecular complexity index is 1160. The van der Waals surface area contributed by atoms with Gasteiger partial charge in [-0.15, -0.1) is 0 Å². The van der Waals surface area contributed by atoms with E-state index in [-0.39, 0.29) is 21.7 Å².